The van der Waals surface area contributed by atoms with Crippen molar-refractivity contribution < 1.29 is 14.1 Å². The van der Waals surface area contributed by atoms with Gasteiger partial charge in [-0.15, -0.1) is 0 Å². The van der Waals surface area contributed by atoms with Gasteiger partial charge in [0, 0.05) is 42.5 Å². The number of hydrogen-bond acceptors (Lipinski definition) is 6. The van der Waals surface area contributed by atoms with Gasteiger partial charge in [-0.2, -0.15) is 4.98 Å². The van der Waals surface area contributed by atoms with Crippen molar-refractivity contribution in [2.45, 2.75) is 26.2 Å². The SMILES string of the molecule is Cc1nc(-c2cccc(NC(=O)CNc3ccc(N4CCCCC4=O)cc3)c2)no1. The molecule has 8 nitrogen and oxygen atoms in total. The standard InChI is InChI=1S/C22H23N5O3/c1-15-24-22(26-30-15)16-5-4-6-18(13-16)25-20(28)14-23-17-8-10-19(11-9-17)27-12-3-2-7-21(27)29/h4-6,8-11,13,23H,2-3,7,12,14H2,1H3,(H,25,28). The van der Waals surface area contributed by atoms with E-state index in [-0.39, 0.29) is 18.4 Å². The average molecular weight is 405 g/mol. The first kappa shape index (κ1) is 19.6. The minimum atomic E-state index is -0.174. The van der Waals surface area contributed by atoms with E-state index in [2.05, 4.69) is 20.8 Å². The lowest BCUT2D eigenvalue weighted by Gasteiger charge is -2.26. The first-order valence-corrected chi connectivity index (χ1v) is 9.93. The molecule has 2 N–H and O–H groups in total. The number of carbonyl (C=O) groups is 2. The highest BCUT2D eigenvalue weighted by atomic mass is 16.5. The van der Waals surface area contributed by atoms with Crippen LogP contribution in [0.4, 0.5) is 17.1 Å². The molecule has 2 heterocycles. The molecule has 0 unspecified atom stereocenters. The van der Waals surface area contributed by atoms with Gasteiger partial charge in [0.05, 0.1) is 6.54 Å². The molecular formula is C22H23N5O3. The molecule has 0 spiro atoms. The van der Waals surface area contributed by atoms with E-state index < -0.39 is 0 Å². The fourth-order valence-electron chi connectivity index (χ4n) is 3.38. The Morgan fingerprint density at radius 1 is 1.13 bits per heavy atom. The van der Waals surface area contributed by atoms with Gasteiger partial charge >= 0.3 is 0 Å². The molecule has 0 bridgehead atoms. The third-order valence-corrected chi connectivity index (χ3v) is 4.89. The molecule has 1 saturated heterocycles. The topological polar surface area (TPSA) is 100 Å². The van der Waals surface area contributed by atoms with Crippen LogP contribution in [0.15, 0.2) is 53.1 Å². The van der Waals surface area contributed by atoms with Crippen LogP contribution in [-0.4, -0.2) is 35.0 Å². The first-order valence-electron chi connectivity index (χ1n) is 9.93. The van der Waals surface area contributed by atoms with E-state index >= 15 is 0 Å². The van der Waals surface area contributed by atoms with Crippen LogP contribution in [0.3, 0.4) is 0 Å². The van der Waals surface area contributed by atoms with Crippen molar-refractivity contribution in [3.63, 3.8) is 0 Å². The van der Waals surface area contributed by atoms with Crippen molar-refractivity contribution in [3.8, 4) is 11.4 Å². The molecule has 1 fully saturated rings. The molecule has 0 atom stereocenters. The zero-order valence-electron chi connectivity index (χ0n) is 16.7. The first-order chi connectivity index (χ1) is 14.6. The second-order valence-electron chi connectivity index (χ2n) is 7.17. The summed E-state index contributed by atoms with van der Waals surface area (Å²) in [5.74, 6) is 0.958. The molecule has 0 saturated carbocycles. The Balaban J connectivity index is 1.32. The van der Waals surface area contributed by atoms with Crippen LogP contribution in [0.1, 0.15) is 25.2 Å². The van der Waals surface area contributed by atoms with Crippen LogP contribution in [0.5, 0.6) is 0 Å². The average Bonchev–Trinajstić information content (AvgIpc) is 3.20. The predicted molar refractivity (Wildman–Crippen MR) is 114 cm³/mol. The molecule has 1 aromatic heterocycles. The molecule has 8 heteroatoms. The maximum absolute atomic E-state index is 12.3. The quantitative estimate of drug-likeness (QED) is 0.650. The van der Waals surface area contributed by atoms with Gasteiger partial charge in [0.25, 0.3) is 0 Å². The third kappa shape index (κ3) is 4.65. The Hall–Kier alpha value is -3.68. The lowest BCUT2D eigenvalue weighted by Crippen LogP contribution is -2.35. The summed E-state index contributed by atoms with van der Waals surface area (Å²) in [6.07, 6.45) is 2.59. The van der Waals surface area contributed by atoms with Crippen LogP contribution in [-0.2, 0) is 9.59 Å². The van der Waals surface area contributed by atoms with Gasteiger partial charge in [-0.1, -0.05) is 17.3 Å². The van der Waals surface area contributed by atoms with E-state index in [0.29, 0.717) is 23.8 Å². The Kier molecular flexibility index (Phi) is 5.74. The monoisotopic (exact) mass is 405 g/mol. The smallest absolute Gasteiger partial charge is 0.243 e. The third-order valence-electron chi connectivity index (χ3n) is 4.89. The summed E-state index contributed by atoms with van der Waals surface area (Å²) in [5.41, 5.74) is 3.12. The molecule has 2 amide bonds. The van der Waals surface area contributed by atoms with Crippen molar-refractivity contribution in [1.29, 1.82) is 0 Å². The van der Waals surface area contributed by atoms with Crippen LogP contribution >= 0.6 is 0 Å². The number of aryl methyl sites for hydroxylation is 1. The Morgan fingerprint density at radius 3 is 2.70 bits per heavy atom. The molecule has 1 aliphatic rings. The Morgan fingerprint density at radius 2 is 1.97 bits per heavy atom. The van der Waals surface area contributed by atoms with Crippen molar-refractivity contribution in [3.05, 3.63) is 54.4 Å². The molecule has 3 aromatic rings. The maximum atomic E-state index is 12.3. The largest absolute Gasteiger partial charge is 0.376 e. The predicted octanol–water partition coefficient (Wildman–Crippen LogP) is 3.61. The minimum absolute atomic E-state index is 0.119. The molecule has 154 valence electrons. The fraction of sp³-hybridized carbons (Fsp3) is 0.273. The van der Waals surface area contributed by atoms with Crippen LogP contribution < -0.4 is 15.5 Å². The van der Waals surface area contributed by atoms with E-state index in [1.165, 1.54) is 0 Å². The summed E-state index contributed by atoms with van der Waals surface area (Å²) in [6, 6.07) is 14.8. The lowest BCUT2D eigenvalue weighted by atomic mass is 10.1. The number of hydrogen-bond donors (Lipinski definition) is 2. The molecule has 1 aliphatic heterocycles. The van der Waals surface area contributed by atoms with Gasteiger partial charge in [-0.3, -0.25) is 9.59 Å². The highest BCUT2D eigenvalue weighted by Crippen LogP contribution is 2.23. The fourth-order valence-corrected chi connectivity index (χ4v) is 3.38. The summed E-state index contributed by atoms with van der Waals surface area (Å²) in [7, 11) is 0. The van der Waals surface area contributed by atoms with Gasteiger partial charge in [0.1, 0.15) is 0 Å². The van der Waals surface area contributed by atoms with E-state index in [9.17, 15) is 9.59 Å². The molecule has 2 aromatic carbocycles. The number of nitrogens with zero attached hydrogens (tertiary/aromatic N) is 3. The second-order valence-corrected chi connectivity index (χ2v) is 7.17. The molecule has 4 rings (SSSR count). The van der Waals surface area contributed by atoms with Gasteiger partial charge in [-0.25, -0.2) is 0 Å². The highest BCUT2D eigenvalue weighted by molar-refractivity contribution is 5.95. The van der Waals surface area contributed by atoms with Crippen LogP contribution in [0.2, 0.25) is 0 Å². The number of nitrogens with one attached hydrogen (secondary N) is 2. The summed E-state index contributed by atoms with van der Waals surface area (Å²) in [4.78, 5) is 30.4. The second kappa shape index (κ2) is 8.77. The highest BCUT2D eigenvalue weighted by Gasteiger charge is 2.19. The number of carbonyl (C=O) groups excluding carboxylic acids is 2. The summed E-state index contributed by atoms with van der Waals surface area (Å²) >= 11 is 0. The normalized spacial score (nSPS) is 13.9. The van der Waals surface area contributed by atoms with E-state index in [0.717, 1.165) is 36.3 Å². The number of benzene rings is 2. The van der Waals surface area contributed by atoms with Crippen LogP contribution in [0.25, 0.3) is 11.4 Å². The summed E-state index contributed by atoms with van der Waals surface area (Å²) < 4.78 is 5.00. The number of rotatable bonds is 6. The van der Waals surface area contributed by atoms with Crippen molar-refractivity contribution in [2.75, 3.05) is 28.6 Å². The Bertz CT molecular complexity index is 1040. The zero-order chi connectivity index (χ0) is 20.9. The number of anilines is 3. The van der Waals surface area contributed by atoms with E-state index in [1.807, 2.05) is 41.3 Å². The van der Waals surface area contributed by atoms with Gasteiger partial charge in [0.2, 0.25) is 23.5 Å². The number of piperidine rings is 1. The molecule has 0 aliphatic carbocycles. The molecule has 0 radical (unpaired) electrons. The molecular weight excluding hydrogens is 382 g/mol. The molecule has 30 heavy (non-hydrogen) atoms. The van der Waals surface area contributed by atoms with Gasteiger partial charge in [0.15, 0.2) is 0 Å². The van der Waals surface area contributed by atoms with Crippen LogP contribution in [0, 0.1) is 6.92 Å². The maximum Gasteiger partial charge on any atom is 0.243 e. The summed E-state index contributed by atoms with van der Waals surface area (Å²) in [5, 5.41) is 9.85. The van der Waals surface area contributed by atoms with Crippen molar-refractivity contribution >= 4 is 28.9 Å². The minimum Gasteiger partial charge on any atom is -0.376 e. The number of aromatic nitrogens is 2. The Labute approximate surface area is 174 Å². The van der Waals surface area contributed by atoms with E-state index in [1.54, 1.807) is 19.1 Å². The van der Waals surface area contributed by atoms with Gasteiger partial charge in [-0.05, 0) is 49.2 Å². The summed E-state index contributed by atoms with van der Waals surface area (Å²) in [6.45, 7) is 2.61. The van der Waals surface area contributed by atoms with Crippen molar-refractivity contribution in [1.82, 2.24) is 10.1 Å². The van der Waals surface area contributed by atoms with Gasteiger partial charge < -0.3 is 20.1 Å². The van der Waals surface area contributed by atoms with E-state index in [4.69, 9.17) is 4.52 Å². The lowest BCUT2D eigenvalue weighted by molar-refractivity contribution is -0.119. The van der Waals surface area contributed by atoms with Crippen molar-refractivity contribution in [2.24, 2.45) is 0 Å². The number of amides is 2. The zero-order valence-corrected chi connectivity index (χ0v) is 16.7.